The molecular formula is C22H19Cl2N3O3S. The first kappa shape index (κ1) is 23.0. The van der Waals surface area contributed by atoms with Gasteiger partial charge in [-0.1, -0.05) is 47.1 Å². The van der Waals surface area contributed by atoms with Crippen LogP contribution in [-0.4, -0.2) is 24.2 Å². The molecule has 0 aromatic heterocycles. The number of amides is 2. The normalized spacial score (nSPS) is 15.8. The number of benzene rings is 2. The zero-order valence-electron chi connectivity index (χ0n) is 16.6. The molecule has 6 nitrogen and oxygen atoms in total. The highest BCUT2D eigenvalue weighted by Gasteiger charge is 2.30. The standard InChI is InChI=1S/C22H19Cl2N3O3S/c1-2-30-15-6-3-13(4-7-15)16-10-20(28)27-22(17(16)11-25)31-12-21(29)26-19-8-5-14(23)9-18(19)24/h3-9,16H,2,10,12H2,1H3,(H,26,29)(H,27,28)/t16-/m0/s1. The Balaban J connectivity index is 1.74. The van der Waals surface area contributed by atoms with Crippen LogP contribution in [-0.2, 0) is 9.59 Å². The van der Waals surface area contributed by atoms with Gasteiger partial charge in [0.1, 0.15) is 5.75 Å². The van der Waals surface area contributed by atoms with Crippen LogP contribution < -0.4 is 15.4 Å². The topological polar surface area (TPSA) is 91.2 Å². The van der Waals surface area contributed by atoms with Gasteiger partial charge >= 0.3 is 0 Å². The van der Waals surface area contributed by atoms with Crippen LogP contribution in [0.5, 0.6) is 5.75 Å². The molecule has 0 unspecified atom stereocenters. The fourth-order valence-electron chi connectivity index (χ4n) is 3.10. The fraction of sp³-hybridized carbons (Fsp3) is 0.227. The zero-order valence-corrected chi connectivity index (χ0v) is 18.9. The smallest absolute Gasteiger partial charge is 0.234 e. The molecule has 3 rings (SSSR count). The number of rotatable bonds is 7. The van der Waals surface area contributed by atoms with Gasteiger partial charge in [0, 0.05) is 17.4 Å². The summed E-state index contributed by atoms with van der Waals surface area (Å²) >= 11 is 13.0. The van der Waals surface area contributed by atoms with E-state index in [1.165, 1.54) is 6.07 Å². The lowest BCUT2D eigenvalue weighted by Crippen LogP contribution is -2.31. The molecule has 2 N–H and O–H groups in total. The molecule has 0 fully saturated rings. The van der Waals surface area contributed by atoms with Gasteiger partial charge in [-0.05, 0) is 42.8 Å². The molecule has 0 bridgehead atoms. The molecule has 1 heterocycles. The van der Waals surface area contributed by atoms with Crippen molar-refractivity contribution in [2.24, 2.45) is 0 Å². The van der Waals surface area contributed by atoms with Crippen molar-refractivity contribution in [3.05, 3.63) is 68.7 Å². The Bertz CT molecular complexity index is 1060. The van der Waals surface area contributed by atoms with Crippen LogP contribution in [0.15, 0.2) is 53.1 Å². The minimum absolute atomic E-state index is 0.00422. The Labute approximate surface area is 194 Å². The summed E-state index contributed by atoms with van der Waals surface area (Å²) < 4.78 is 5.45. The SMILES string of the molecule is CCOc1ccc([C@@H]2CC(=O)NC(SCC(=O)Nc3ccc(Cl)cc3Cl)=C2C#N)cc1. The number of ether oxygens (including phenoxy) is 1. The molecule has 1 atom stereocenters. The molecule has 0 saturated carbocycles. The number of halogens is 2. The highest BCUT2D eigenvalue weighted by atomic mass is 35.5. The number of hydrogen-bond acceptors (Lipinski definition) is 5. The van der Waals surface area contributed by atoms with Crippen molar-refractivity contribution in [1.29, 1.82) is 5.26 Å². The lowest BCUT2D eigenvalue weighted by Gasteiger charge is -2.25. The number of hydrogen-bond donors (Lipinski definition) is 2. The van der Waals surface area contributed by atoms with Gasteiger partial charge < -0.3 is 15.4 Å². The Morgan fingerprint density at radius 2 is 2.03 bits per heavy atom. The van der Waals surface area contributed by atoms with E-state index in [4.69, 9.17) is 27.9 Å². The third-order valence-electron chi connectivity index (χ3n) is 4.50. The third kappa shape index (κ3) is 5.95. The maximum atomic E-state index is 12.4. The van der Waals surface area contributed by atoms with Crippen molar-refractivity contribution in [1.82, 2.24) is 5.32 Å². The highest BCUT2D eigenvalue weighted by molar-refractivity contribution is 8.03. The number of carbonyl (C=O) groups is 2. The van der Waals surface area contributed by atoms with Crippen molar-refractivity contribution < 1.29 is 14.3 Å². The molecule has 2 aromatic rings. The second kappa shape index (κ2) is 10.6. The van der Waals surface area contributed by atoms with E-state index in [1.807, 2.05) is 31.2 Å². The Morgan fingerprint density at radius 1 is 1.29 bits per heavy atom. The second-order valence-corrected chi connectivity index (χ2v) is 8.45. The van der Waals surface area contributed by atoms with E-state index >= 15 is 0 Å². The maximum Gasteiger partial charge on any atom is 0.234 e. The number of allylic oxidation sites excluding steroid dienone is 1. The number of anilines is 1. The molecular weight excluding hydrogens is 457 g/mol. The molecule has 0 radical (unpaired) electrons. The largest absolute Gasteiger partial charge is 0.494 e. The lowest BCUT2D eigenvalue weighted by molar-refractivity contribution is -0.121. The summed E-state index contributed by atoms with van der Waals surface area (Å²) in [5.41, 5.74) is 1.70. The molecule has 160 valence electrons. The van der Waals surface area contributed by atoms with Gasteiger partial charge in [0.05, 0.1) is 39.7 Å². The first-order chi connectivity index (χ1) is 14.9. The first-order valence-electron chi connectivity index (χ1n) is 9.45. The molecule has 9 heteroatoms. The van der Waals surface area contributed by atoms with Crippen molar-refractivity contribution in [2.45, 2.75) is 19.3 Å². The van der Waals surface area contributed by atoms with Crippen molar-refractivity contribution in [3.8, 4) is 11.8 Å². The van der Waals surface area contributed by atoms with E-state index in [-0.39, 0.29) is 29.9 Å². The van der Waals surface area contributed by atoms with Gasteiger partial charge in [-0.2, -0.15) is 5.26 Å². The van der Waals surface area contributed by atoms with Gasteiger partial charge in [-0.3, -0.25) is 9.59 Å². The summed E-state index contributed by atoms with van der Waals surface area (Å²) in [6.07, 6.45) is 0.160. The number of carbonyl (C=O) groups excluding carboxylic acids is 2. The lowest BCUT2D eigenvalue weighted by atomic mass is 9.87. The number of thioether (sulfide) groups is 1. The van der Waals surface area contributed by atoms with Gasteiger partial charge in [0.2, 0.25) is 11.8 Å². The van der Waals surface area contributed by atoms with Gasteiger partial charge in [0.25, 0.3) is 0 Å². The second-order valence-electron chi connectivity index (χ2n) is 6.62. The zero-order chi connectivity index (χ0) is 22.4. The average molecular weight is 476 g/mol. The van der Waals surface area contributed by atoms with Gasteiger partial charge in [-0.15, -0.1) is 0 Å². The summed E-state index contributed by atoms with van der Waals surface area (Å²) in [4.78, 5) is 24.6. The summed E-state index contributed by atoms with van der Waals surface area (Å²) in [5.74, 6) is -0.194. The van der Waals surface area contributed by atoms with Crippen LogP contribution in [0.2, 0.25) is 10.0 Å². The molecule has 2 amide bonds. The molecule has 1 aliphatic heterocycles. The van der Waals surface area contributed by atoms with Crippen LogP contribution >= 0.6 is 35.0 Å². The summed E-state index contributed by atoms with van der Waals surface area (Å²) in [5, 5.41) is 16.3. The van der Waals surface area contributed by atoms with E-state index in [2.05, 4.69) is 16.7 Å². The van der Waals surface area contributed by atoms with E-state index in [1.54, 1.807) is 12.1 Å². The molecule has 0 aliphatic carbocycles. The Hall–Kier alpha value is -2.66. The van der Waals surface area contributed by atoms with Crippen LogP contribution in [0.1, 0.15) is 24.8 Å². The molecule has 1 aliphatic rings. The number of nitrogens with one attached hydrogen (secondary N) is 2. The maximum absolute atomic E-state index is 12.4. The Kier molecular flexibility index (Phi) is 7.85. The number of nitriles is 1. The Morgan fingerprint density at radius 3 is 2.68 bits per heavy atom. The molecule has 2 aromatic carbocycles. The van der Waals surface area contributed by atoms with E-state index in [0.717, 1.165) is 23.1 Å². The van der Waals surface area contributed by atoms with Crippen LogP contribution in [0.3, 0.4) is 0 Å². The van der Waals surface area contributed by atoms with E-state index in [9.17, 15) is 14.9 Å². The van der Waals surface area contributed by atoms with E-state index < -0.39 is 0 Å². The van der Waals surface area contributed by atoms with Crippen molar-refractivity contribution in [3.63, 3.8) is 0 Å². The monoisotopic (exact) mass is 475 g/mol. The summed E-state index contributed by atoms with van der Waals surface area (Å²) in [7, 11) is 0. The fourth-order valence-corrected chi connectivity index (χ4v) is 4.43. The molecule has 0 saturated heterocycles. The first-order valence-corrected chi connectivity index (χ1v) is 11.2. The van der Waals surface area contributed by atoms with Crippen LogP contribution in [0.25, 0.3) is 0 Å². The van der Waals surface area contributed by atoms with Crippen LogP contribution in [0.4, 0.5) is 5.69 Å². The van der Waals surface area contributed by atoms with Crippen molar-refractivity contribution >= 4 is 52.5 Å². The van der Waals surface area contributed by atoms with Crippen molar-refractivity contribution in [2.75, 3.05) is 17.7 Å². The minimum atomic E-state index is -0.384. The van der Waals surface area contributed by atoms with E-state index in [0.29, 0.717) is 32.9 Å². The van der Waals surface area contributed by atoms with Gasteiger partial charge in [0.15, 0.2) is 0 Å². The van der Waals surface area contributed by atoms with Crippen LogP contribution in [0, 0.1) is 11.3 Å². The summed E-state index contributed by atoms with van der Waals surface area (Å²) in [6, 6.07) is 14.3. The minimum Gasteiger partial charge on any atom is -0.494 e. The quantitative estimate of drug-likeness (QED) is 0.580. The number of nitrogens with zero attached hydrogens (tertiary/aromatic N) is 1. The molecule has 0 spiro atoms. The predicted octanol–water partition coefficient (Wildman–Crippen LogP) is 5.10. The average Bonchev–Trinajstić information content (AvgIpc) is 2.74. The highest BCUT2D eigenvalue weighted by Crippen LogP contribution is 2.36. The van der Waals surface area contributed by atoms with Gasteiger partial charge in [-0.25, -0.2) is 0 Å². The third-order valence-corrected chi connectivity index (χ3v) is 6.07. The molecule has 31 heavy (non-hydrogen) atoms. The predicted molar refractivity (Wildman–Crippen MR) is 123 cm³/mol. The summed E-state index contributed by atoms with van der Waals surface area (Å²) in [6.45, 7) is 2.45.